The molecule has 2 rings (SSSR count). The average Bonchev–Trinajstić information content (AvgIpc) is 2.46. The molecule has 1 saturated heterocycles. The standard InChI is InChI=1S/C17H27FN2O/c1-19(2)11-9-15-6-4-5-10-20(15)13-14-7-8-17(21-3)16(18)12-14/h7-8,12,15H,4-6,9-11,13H2,1-3H3/t15-/m0/s1. The third-order valence-corrected chi connectivity index (χ3v) is 4.26. The lowest BCUT2D eigenvalue weighted by atomic mass is 9.98. The van der Waals surface area contributed by atoms with Gasteiger partial charge in [0.05, 0.1) is 7.11 Å². The molecule has 118 valence electrons. The van der Waals surface area contributed by atoms with E-state index in [2.05, 4.69) is 23.9 Å². The molecule has 1 aromatic carbocycles. The predicted octanol–water partition coefficient (Wildman–Crippen LogP) is 3.14. The molecule has 0 spiro atoms. The van der Waals surface area contributed by atoms with E-state index in [9.17, 15) is 4.39 Å². The number of likely N-dealkylation sites (tertiary alicyclic amines) is 1. The molecule has 21 heavy (non-hydrogen) atoms. The van der Waals surface area contributed by atoms with Gasteiger partial charge in [-0.1, -0.05) is 12.5 Å². The van der Waals surface area contributed by atoms with E-state index in [4.69, 9.17) is 4.74 Å². The van der Waals surface area contributed by atoms with Crippen LogP contribution in [0.4, 0.5) is 4.39 Å². The van der Waals surface area contributed by atoms with Crippen molar-refractivity contribution >= 4 is 0 Å². The van der Waals surface area contributed by atoms with E-state index in [0.29, 0.717) is 11.8 Å². The van der Waals surface area contributed by atoms with E-state index in [1.54, 1.807) is 12.1 Å². The number of benzene rings is 1. The van der Waals surface area contributed by atoms with E-state index >= 15 is 0 Å². The summed E-state index contributed by atoms with van der Waals surface area (Å²) in [5.41, 5.74) is 1.03. The first-order valence-electron chi connectivity index (χ1n) is 7.81. The van der Waals surface area contributed by atoms with Gasteiger partial charge in [-0.05, 0) is 64.1 Å². The van der Waals surface area contributed by atoms with Gasteiger partial charge in [0, 0.05) is 12.6 Å². The van der Waals surface area contributed by atoms with E-state index in [0.717, 1.165) is 25.2 Å². The molecule has 4 heteroatoms. The Morgan fingerprint density at radius 1 is 1.33 bits per heavy atom. The van der Waals surface area contributed by atoms with Crippen molar-refractivity contribution in [1.82, 2.24) is 9.80 Å². The number of methoxy groups -OCH3 is 1. The Balaban J connectivity index is 1.99. The fraction of sp³-hybridized carbons (Fsp3) is 0.647. The molecule has 1 heterocycles. The molecule has 3 nitrogen and oxygen atoms in total. The Labute approximate surface area is 127 Å². The molecule has 1 aromatic rings. The second-order valence-electron chi connectivity index (χ2n) is 6.18. The summed E-state index contributed by atoms with van der Waals surface area (Å²) in [5.74, 6) is 0.0541. The van der Waals surface area contributed by atoms with Gasteiger partial charge in [0.25, 0.3) is 0 Å². The molecular formula is C17H27FN2O. The van der Waals surface area contributed by atoms with Crippen LogP contribution in [-0.2, 0) is 6.54 Å². The summed E-state index contributed by atoms with van der Waals surface area (Å²) in [7, 11) is 5.73. The quantitative estimate of drug-likeness (QED) is 0.801. The van der Waals surface area contributed by atoms with E-state index in [1.165, 1.54) is 32.8 Å². The van der Waals surface area contributed by atoms with Crippen molar-refractivity contribution in [3.8, 4) is 5.75 Å². The summed E-state index contributed by atoms with van der Waals surface area (Å²) < 4.78 is 18.8. The Morgan fingerprint density at radius 2 is 2.14 bits per heavy atom. The van der Waals surface area contributed by atoms with E-state index in [1.807, 2.05) is 6.07 Å². The van der Waals surface area contributed by atoms with Crippen LogP contribution < -0.4 is 4.74 Å². The van der Waals surface area contributed by atoms with Crippen LogP contribution in [0.3, 0.4) is 0 Å². The second kappa shape index (κ2) is 7.76. The van der Waals surface area contributed by atoms with Crippen LogP contribution in [0.2, 0.25) is 0 Å². The zero-order chi connectivity index (χ0) is 15.2. The molecule has 0 unspecified atom stereocenters. The number of piperidine rings is 1. The van der Waals surface area contributed by atoms with Crippen LogP contribution in [0, 0.1) is 5.82 Å². The summed E-state index contributed by atoms with van der Waals surface area (Å²) in [6.45, 7) is 3.06. The van der Waals surface area contributed by atoms with Crippen molar-refractivity contribution < 1.29 is 9.13 Å². The Bertz CT molecular complexity index is 450. The molecular weight excluding hydrogens is 267 g/mol. The molecule has 0 bridgehead atoms. The largest absolute Gasteiger partial charge is 0.494 e. The Kier molecular flexibility index (Phi) is 6.00. The molecule has 1 atom stereocenters. The van der Waals surface area contributed by atoms with Gasteiger partial charge in [0.15, 0.2) is 11.6 Å². The molecule has 0 aromatic heterocycles. The number of halogens is 1. The van der Waals surface area contributed by atoms with Gasteiger partial charge in [0.2, 0.25) is 0 Å². The van der Waals surface area contributed by atoms with Crippen LogP contribution >= 0.6 is 0 Å². The third kappa shape index (κ3) is 4.68. The van der Waals surface area contributed by atoms with Crippen molar-refractivity contribution in [2.24, 2.45) is 0 Å². The monoisotopic (exact) mass is 294 g/mol. The normalized spacial score (nSPS) is 20.0. The van der Waals surface area contributed by atoms with Gasteiger partial charge in [0.1, 0.15) is 0 Å². The van der Waals surface area contributed by atoms with Gasteiger partial charge < -0.3 is 9.64 Å². The minimum absolute atomic E-state index is 0.267. The molecule has 1 fully saturated rings. The predicted molar refractivity (Wildman–Crippen MR) is 84.2 cm³/mol. The van der Waals surface area contributed by atoms with Crippen molar-refractivity contribution in [3.63, 3.8) is 0 Å². The topological polar surface area (TPSA) is 15.7 Å². The third-order valence-electron chi connectivity index (χ3n) is 4.26. The summed E-state index contributed by atoms with van der Waals surface area (Å²) in [5, 5.41) is 0. The number of hydrogen-bond acceptors (Lipinski definition) is 3. The number of hydrogen-bond donors (Lipinski definition) is 0. The summed E-state index contributed by atoms with van der Waals surface area (Å²) in [6, 6.07) is 5.92. The van der Waals surface area contributed by atoms with Crippen molar-refractivity contribution in [3.05, 3.63) is 29.6 Å². The number of ether oxygens (including phenoxy) is 1. The van der Waals surface area contributed by atoms with E-state index in [-0.39, 0.29) is 5.82 Å². The maximum Gasteiger partial charge on any atom is 0.165 e. The lowest BCUT2D eigenvalue weighted by Crippen LogP contribution is -2.40. The molecule has 0 aliphatic carbocycles. The van der Waals surface area contributed by atoms with Crippen LogP contribution in [-0.4, -0.2) is 50.1 Å². The molecule has 0 amide bonds. The minimum Gasteiger partial charge on any atom is -0.494 e. The number of nitrogens with zero attached hydrogens (tertiary/aromatic N) is 2. The van der Waals surface area contributed by atoms with Crippen molar-refractivity contribution in [1.29, 1.82) is 0 Å². The first-order chi connectivity index (χ1) is 10.1. The first-order valence-corrected chi connectivity index (χ1v) is 7.81. The average molecular weight is 294 g/mol. The highest BCUT2D eigenvalue weighted by Crippen LogP contribution is 2.24. The highest BCUT2D eigenvalue weighted by molar-refractivity contribution is 5.29. The fourth-order valence-electron chi connectivity index (χ4n) is 3.05. The lowest BCUT2D eigenvalue weighted by molar-refractivity contribution is 0.124. The van der Waals surface area contributed by atoms with Crippen molar-refractivity contribution in [2.45, 2.75) is 38.3 Å². The zero-order valence-corrected chi connectivity index (χ0v) is 13.4. The van der Waals surface area contributed by atoms with Crippen LogP contribution in [0.5, 0.6) is 5.75 Å². The molecule has 0 radical (unpaired) electrons. The number of rotatable bonds is 6. The van der Waals surface area contributed by atoms with E-state index < -0.39 is 0 Å². The maximum atomic E-state index is 13.8. The minimum atomic E-state index is -0.267. The molecule has 0 saturated carbocycles. The van der Waals surface area contributed by atoms with Crippen LogP contribution in [0.25, 0.3) is 0 Å². The summed E-state index contributed by atoms with van der Waals surface area (Å²) in [6.07, 6.45) is 5.00. The first kappa shape index (κ1) is 16.2. The van der Waals surface area contributed by atoms with Gasteiger partial charge in [-0.3, -0.25) is 4.90 Å². The molecule has 1 aliphatic heterocycles. The van der Waals surface area contributed by atoms with Gasteiger partial charge in [-0.25, -0.2) is 4.39 Å². The molecule has 1 aliphatic rings. The maximum absolute atomic E-state index is 13.8. The van der Waals surface area contributed by atoms with Gasteiger partial charge in [-0.15, -0.1) is 0 Å². The van der Waals surface area contributed by atoms with Crippen LogP contribution in [0.1, 0.15) is 31.2 Å². The SMILES string of the molecule is COc1ccc(CN2CCCC[C@H]2CCN(C)C)cc1F. The Hall–Kier alpha value is -1.13. The smallest absolute Gasteiger partial charge is 0.165 e. The lowest BCUT2D eigenvalue weighted by Gasteiger charge is -2.36. The van der Waals surface area contributed by atoms with Crippen molar-refractivity contribution in [2.75, 3.05) is 34.3 Å². The summed E-state index contributed by atoms with van der Waals surface area (Å²) >= 11 is 0. The van der Waals surface area contributed by atoms with Gasteiger partial charge in [-0.2, -0.15) is 0 Å². The highest BCUT2D eigenvalue weighted by atomic mass is 19.1. The summed E-state index contributed by atoms with van der Waals surface area (Å²) in [4.78, 5) is 4.74. The van der Waals surface area contributed by atoms with Crippen LogP contribution in [0.15, 0.2) is 18.2 Å². The Morgan fingerprint density at radius 3 is 2.81 bits per heavy atom. The second-order valence-corrected chi connectivity index (χ2v) is 6.18. The molecule has 0 N–H and O–H groups in total. The van der Waals surface area contributed by atoms with Gasteiger partial charge >= 0.3 is 0 Å². The fourth-order valence-corrected chi connectivity index (χ4v) is 3.05. The highest BCUT2D eigenvalue weighted by Gasteiger charge is 2.22. The zero-order valence-electron chi connectivity index (χ0n) is 13.4.